The number of carbonyl (C=O) groups excluding carboxylic acids is 1. The normalized spacial score (nSPS) is 10.2. The average Bonchev–Trinajstić information content (AvgIpc) is 2.80. The summed E-state index contributed by atoms with van der Waals surface area (Å²) in [5.41, 5.74) is 0.204. The number of aromatic nitrogens is 2. The molecule has 0 unspecified atom stereocenters. The van der Waals surface area contributed by atoms with E-state index in [4.69, 9.17) is 28.3 Å². The first-order chi connectivity index (χ1) is 8.99. The topological polar surface area (TPSA) is 92.2 Å². The van der Waals surface area contributed by atoms with Crippen LogP contribution in [-0.2, 0) is 0 Å². The molecule has 2 aromatic rings. The minimum Gasteiger partial charge on any atom is -0.477 e. The summed E-state index contributed by atoms with van der Waals surface area (Å²) in [6.45, 7) is 0. The fourth-order valence-electron chi connectivity index (χ4n) is 1.28. The molecule has 6 nitrogen and oxygen atoms in total. The number of nitrogens with one attached hydrogen (secondary N) is 1. The molecule has 1 amide bonds. The molecule has 2 rings (SSSR count). The van der Waals surface area contributed by atoms with Gasteiger partial charge >= 0.3 is 5.97 Å². The lowest BCUT2D eigenvalue weighted by Crippen LogP contribution is -2.14. The molecule has 0 spiro atoms. The standard InChI is InChI=1S/C10H5Cl2N3O3S/c11-6-3-4(8(12)15-14-6)9(16)13-5-1-2-19-7(5)10(17)18/h1-3H,(H,13,16)(H,17,18). The fraction of sp³-hybridized carbons (Fsp3) is 0. The molecule has 0 radical (unpaired) electrons. The first-order valence-corrected chi connectivity index (χ1v) is 6.43. The fourth-order valence-corrected chi connectivity index (χ4v) is 2.29. The summed E-state index contributed by atoms with van der Waals surface area (Å²) in [5.74, 6) is -1.73. The lowest BCUT2D eigenvalue weighted by Gasteiger charge is -2.05. The zero-order valence-corrected chi connectivity index (χ0v) is 11.4. The molecule has 98 valence electrons. The highest BCUT2D eigenvalue weighted by atomic mass is 35.5. The minimum absolute atomic E-state index is 0.0123. The minimum atomic E-state index is -1.12. The van der Waals surface area contributed by atoms with Crippen LogP contribution in [0.2, 0.25) is 10.3 Å². The Morgan fingerprint density at radius 2 is 2.05 bits per heavy atom. The largest absolute Gasteiger partial charge is 0.477 e. The number of carboxylic acids is 1. The maximum atomic E-state index is 11.9. The Balaban J connectivity index is 2.28. The summed E-state index contributed by atoms with van der Waals surface area (Å²) < 4.78 is 0. The van der Waals surface area contributed by atoms with Crippen molar-refractivity contribution in [2.45, 2.75) is 0 Å². The van der Waals surface area contributed by atoms with Gasteiger partial charge in [0.05, 0.1) is 11.3 Å². The summed E-state index contributed by atoms with van der Waals surface area (Å²) in [7, 11) is 0. The molecule has 9 heteroatoms. The molecule has 0 saturated carbocycles. The van der Waals surface area contributed by atoms with Gasteiger partial charge in [0.2, 0.25) is 0 Å². The molecule has 2 aromatic heterocycles. The maximum Gasteiger partial charge on any atom is 0.348 e. The quantitative estimate of drug-likeness (QED) is 0.908. The first-order valence-electron chi connectivity index (χ1n) is 4.80. The second-order valence-electron chi connectivity index (χ2n) is 3.29. The van der Waals surface area contributed by atoms with Crippen LogP contribution in [0.5, 0.6) is 0 Å². The van der Waals surface area contributed by atoms with Crippen LogP contribution >= 0.6 is 34.5 Å². The summed E-state index contributed by atoms with van der Waals surface area (Å²) >= 11 is 12.3. The molecule has 0 saturated heterocycles. The zero-order chi connectivity index (χ0) is 14.0. The van der Waals surface area contributed by atoms with Crippen LogP contribution in [0.1, 0.15) is 20.0 Å². The molecule has 0 aliphatic heterocycles. The van der Waals surface area contributed by atoms with Crippen LogP contribution in [0.15, 0.2) is 17.5 Å². The smallest absolute Gasteiger partial charge is 0.348 e. The molecule has 2 N–H and O–H groups in total. The summed E-state index contributed by atoms with van der Waals surface area (Å²) in [4.78, 5) is 22.9. The molecule has 0 aliphatic rings. The number of hydrogen-bond donors (Lipinski definition) is 2. The van der Waals surface area contributed by atoms with E-state index in [1.54, 1.807) is 5.38 Å². The van der Waals surface area contributed by atoms with Gasteiger partial charge in [0.15, 0.2) is 10.3 Å². The van der Waals surface area contributed by atoms with E-state index in [9.17, 15) is 9.59 Å². The van der Waals surface area contributed by atoms with Crippen LogP contribution in [-0.4, -0.2) is 27.2 Å². The third-order valence-electron chi connectivity index (χ3n) is 2.07. The van der Waals surface area contributed by atoms with Gasteiger partial charge < -0.3 is 10.4 Å². The Morgan fingerprint density at radius 1 is 1.32 bits per heavy atom. The molecule has 0 atom stereocenters. The highest BCUT2D eigenvalue weighted by Gasteiger charge is 2.17. The number of nitrogens with zero attached hydrogens (tertiary/aromatic N) is 2. The van der Waals surface area contributed by atoms with E-state index < -0.39 is 11.9 Å². The summed E-state index contributed by atoms with van der Waals surface area (Å²) in [5, 5.41) is 19.8. The van der Waals surface area contributed by atoms with E-state index in [1.807, 2.05) is 0 Å². The molecule has 0 aliphatic carbocycles. The number of carbonyl (C=O) groups is 2. The number of aromatic carboxylic acids is 1. The highest BCUT2D eigenvalue weighted by molar-refractivity contribution is 7.12. The third-order valence-corrected chi connectivity index (χ3v) is 3.44. The molecule has 0 fully saturated rings. The van der Waals surface area contributed by atoms with Crippen molar-refractivity contribution >= 4 is 52.1 Å². The zero-order valence-electron chi connectivity index (χ0n) is 9.05. The predicted octanol–water partition coefficient (Wildman–Crippen LogP) is 2.80. The second kappa shape index (κ2) is 5.52. The lowest BCUT2D eigenvalue weighted by molar-refractivity contribution is 0.0703. The molecule has 2 heterocycles. The third kappa shape index (κ3) is 3.01. The van der Waals surface area contributed by atoms with Crippen molar-refractivity contribution < 1.29 is 14.7 Å². The van der Waals surface area contributed by atoms with Crippen molar-refractivity contribution in [2.75, 3.05) is 5.32 Å². The number of hydrogen-bond acceptors (Lipinski definition) is 5. The molecule has 0 aromatic carbocycles. The molecule has 0 bridgehead atoms. The molecule has 19 heavy (non-hydrogen) atoms. The van der Waals surface area contributed by atoms with Crippen molar-refractivity contribution in [3.8, 4) is 0 Å². The van der Waals surface area contributed by atoms with E-state index in [1.165, 1.54) is 12.1 Å². The van der Waals surface area contributed by atoms with Gasteiger partial charge in [0, 0.05) is 0 Å². The van der Waals surface area contributed by atoms with E-state index in [-0.39, 0.29) is 26.4 Å². The Morgan fingerprint density at radius 3 is 2.74 bits per heavy atom. The van der Waals surface area contributed by atoms with Gasteiger partial charge in [0.1, 0.15) is 4.88 Å². The van der Waals surface area contributed by atoms with Crippen molar-refractivity contribution in [3.63, 3.8) is 0 Å². The SMILES string of the molecule is O=C(Nc1ccsc1C(=O)O)c1cc(Cl)nnc1Cl. The predicted molar refractivity (Wildman–Crippen MR) is 71.3 cm³/mol. The van der Waals surface area contributed by atoms with Crippen molar-refractivity contribution in [2.24, 2.45) is 0 Å². The number of anilines is 1. The summed E-state index contributed by atoms with van der Waals surface area (Å²) in [6, 6.07) is 2.73. The average molecular weight is 318 g/mol. The van der Waals surface area contributed by atoms with Crippen LogP contribution in [0.25, 0.3) is 0 Å². The first kappa shape index (κ1) is 13.7. The van der Waals surface area contributed by atoms with Gasteiger partial charge in [-0.25, -0.2) is 4.79 Å². The van der Waals surface area contributed by atoms with Crippen molar-refractivity contribution in [1.82, 2.24) is 10.2 Å². The van der Waals surface area contributed by atoms with Gasteiger partial charge in [-0.1, -0.05) is 23.2 Å². The van der Waals surface area contributed by atoms with Crippen LogP contribution < -0.4 is 5.32 Å². The van der Waals surface area contributed by atoms with Crippen molar-refractivity contribution in [3.05, 3.63) is 38.3 Å². The number of rotatable bonds is 3. The van der Waals surface area contributed by atoms with Gasteiger partial charge in [-0.15, -0.1) is 21.5 Å². The van der Waals surface area contributed by atoms with Crippen molar-refractivity contribution in [1.29, 1.82) is 0 Å². The van der Waals surface area contributed by atoms with E-state index >= 15 is 0 Å². The number of halogens is 2. The van der Waals surface area contributed by atoms with Crippen LogP contribution in [0.3, 0.4) is 0 Å². The molecular weight excluding hydrogens is 313 g/mol. The van der Waals surface area contributed by atoms with Crippen LogP contribution in [0, 0.1) is 0 Å². The Kier molecular flexibility index (Phi) is 3.98. The summed E-state index contributed by atoms with van der Waals surface area (Å²) in [6.07, 6.45) is 0. The van der Waals surface area contributed by atoms with Gasteiger partial charge in [0.25, 0.3) is 5.91 Å². The highest BCUT2D eigenvalue weighted by Crippen LogP contribution is 2.24. The Labute approximate surface area is 121 Å². The van der Waals surface area contributed by atoms with Crippen LogP contribution in [0.4, 0.5) is 5.69 Å². The monoisotopic (exact) mass is 317 g/mol. The number of amides is 1. The van der Waals surface area contributed by atoms with Gasteiger partial charge in [-0.2, -0.15) is 0 Å². The Hall–Kier alpha value is -1.70. The molecular formula is C10H5Cl2N3O3S. The van der Waals surface area contributed by atoms with Gasteiger partial charge in [-0.05, 0) is 17.5 Å². The number of carboxylic acid groups (broad SMARTS) is 1. The van der Waals surface area contributed by atoms with E-state index in [0.29, 0.717) is 0 Å². The number of thiophene rings is 1. The second-order valence-corrected chi connectivity index (χ2v) is 4.96. The van der Waals surface area contributed by atoms with E-state index in [0.717, 1.165) is 11.3 Å². The van der Waals surface area contributed by atoms with Gasteiger partial charge in [-0.3, -0.25) is 4.79 Å². The maximum absolute atomic E-state index is 11.9. The lowest BCUT2D eigenvalue weighted by atomic mass is 10.2. The Bertz CT molecular complexity index is 659. The van der Waals surface area contributed by atoms with E-state index in [2.05, 4.69) is 15.5 Å².